The SMILES string of the molecule is CCSCC(C)NS(=O)(=O)c1cc(N)cc(Br)c1F. The van der Waals surface area contributed by atoms with Gasteiger partial charge in [-0.25, -0.2) is 17.5 Å². The molecular formula is C11H16BrFN2O2S2. The highest BCUT2D eigenvalue weighted by molar-refractivity contribution is 9.10. The summed E-state index contributed by atoms with van der Waals surface area (Å²) in [6, 6.07) is 2.15. The zero-order valence-electron chi connectivity index (χ0n) is 10.6. The van der Waals surface area contributed by atoms with Crippen LogP contribution < -0.4 is 10.5 Å². The Morgan fingerprint density at radius 2 is 2.16 bits per heavy atom. The molecule has 0 aromatic heterocycles. The Kier molecular flexibility index (Phi) is 6.10. The van der Waals surface area contributed by atoms with Gasteiger partial charge < -0.3 is 5.73 Å². The quantitative estimate of drug-likeness (QED) is 0.754. The van der Waals surface area contributed by atoms with Crippen LogP contribution in [0.4, 0.5) is 10.1 Å². The van der Waals surface area contributed by atoms with Crippen LogP contribution in [0.15, 0.2) is 21.5 Å². The van der Waals surface area contributed by atoms with E-state index in [9.17, 15) is 12.8 Å². The number of hydrogen-bond acceptors (Lipinski definition) is 4. The van der Waals surface area contributed by atoms with Gasteiger partial charge in [0.05, 0.1) is 4.47 Å². The normalized spacial score (nSPS) is 13.5. The number of hydrogen-bond donors (Lipinski definition) is 2. The highest BCUT2D eigenvalue weighted by Gasteiger charge is 2.23. The van der Waals surface area contributed by atoms with E-state index in [0.29, 0.717) is 5.75 Å². The van der Waals surface area contributed by atoms with E-state index in [-0.39, 0.29) is 16.2 Å². The summed E-state index contributed by atoms with van der Waals surface area (Å²) in [5.41, 5.74) is 5.73. The van der Waals surface area contributed by atoms with Gasteiger partial charge in [-0.05, 0) is 40.7 Å². The molecule has 3 N–H and O–H groups in total. The highest BCUT2D eigenvalue weighted by atomic mass is 79.9. The molecule has 0 saturated carbocycles. The van der Waals surface area contributed by atoms with Crippen molar-refractivity contribution in [2.45, 2.75) is 24.8 Å². The number of thioether (sulfide) groups is 1. The molecule has 1 atom stereocenters. The lowest BCUT2D eigenvalue weighted by Crippen LogP contribution is -2.34. The van der Waals surface area contributed by atoms with Gasteiger partial charge in [0.2, 0.25) is 10.0 Å². The van der Waals surface area contributed by atoms with Gasteiger partial charge in [-0.3, -0.25) is 0 Å². The molecule has 0 radical (unpaired) electrons. The Bertz CT molecular complexity index is 552. The Morgan fingerprint density at radius 3 is 2.74 bits per heavy atom. The van der Waals surface area contributed by atoms with E-state index in [1.165, 1.54) is 6.07 Å². The van der Waals surface area contributed by atoms with Crippen LogP contribution in [0.2, 0.25) is 0 Å². The van der Waals surface area contributed by atoms with Crippen LogP contribution >= 0.6 is 27.7 Å². The molecule has 0 amide bonds. The van der Waals surface area contributed by atoms with Gasteiger partial charge in [-0.15, -0.1) is 0 Å². The zero-order valence-corrected chi connectivity index (χ0v) is 13.8. The number of benzene rings is 1. The first-order valence-electron chi connectivity index (χ1n) is 5.62. The number of nitrogens with two attached hydrogens (primary N) is 1. The average molecular weight is 371 g/mol. The van der Waals surface area contributed by atoms with Crippen molar-refractivity contribution in [3.05, 3.63) is 22.4 Å². The van der Waals surface area contributed by atoms with Gasteiger partial charge >= 0.3 is 0 Å². The predicted octanol–water partition coefficient (Wildman–Crippen LogP) is 2.59. The molecule has 0 aliphatic carbocycles. The minimum atomic E-state index is -3.91. The van der Waals surface area contributed by atoms with E-state index in [2.05, 4.69) is 20.7 Å². The molecule has 4 nitrogen and oxygen atoms in total. The molecule has 19 heavy (non-hydrogen) atoms. The predicted molar refractivity (Wildman–Crippen MR) is 81.3 cm³/mol. The maximum absolute atomic E-state index is 13.9. The molecule has 0 bridgehead atoms. The lowest BCUT2D eigenvalue weighted by molar-refractivity contribution is 0.547. The minimum absolute atomic E-state index is 0.0310. The van der Waals surface area contributed by atoms with E-state index >= 15 is 0 Å². The second-order valence-electron chi connectivity index (χ2n) is 4.00. The summed E-state index contributed by atoms with van der Waals surface area (Å²) < 4.78 is 40.5. The number of rotatable bonds is 6. The second kappa shape index (κ2) is 6.92. The summed E-state index contributed by atoms with van der Waals surface area (Å²) in [6.07, 6.45) is 0. The van der Waals surface area contributed by atoms with Crippen molar-refractivity contribution in [1.29, 1.82) is 0 Å². The van der Waals surface area contributed by atoms with Crippen LogP contribution in [-0.2, 0) is 10.0 Å². The Labute approximate surface area is 125 Å². The second-order valence-corrected chi connectivity index (χ2v) is 7.85. The average Bonchev–Trinajstić information content (AvgIpc) is 2.30. The fourth-order valence-corrected chi connectivity index (χ4v) is 4.20. The smallest absolute Gasteiger partial charge is 0.243 e. The lowest BCUT2D eigenvalue weighted by atomic mass is 10.3. The number of nitrogen functional groups attached to an aromatic ring is 1. The zero-order chi connectivity index (χ0) is 14.6. The summed E-state index contributed by atoms with van der Waals surface area (Å²) in [6.45, 7) is 3.72. The van der Waals surface area contributed by atoms with Crippen LogP contribution in [0.3, 0.4) is 0 Å². The molecule has 108 valence electrons. The molecule has 0 aliphatic rings. The molecule has 1 aromatic rings. The standard InChI is InChI=1S/C11H16BrFN2O2S2/c1-3-18-6-7(2)15-19(16,17)10-5-8(14)4-9(12)11(10)13/h4-5,7,15H,3,6,14H2,1-2H3. The Hall–Kier alpha value is -0.310. The van der Waals surface area contributed by atoms with Crippen molar-refractivity contribution in [2.24, 2.45) is 0 Å². The van der Waals surface area contributed by atoms with Crippen molar-refractivity contribution in [3.8, 4) is 0 Å². The first kappa shape index (κ1) is 16.7. The number of anilines is 1. The fraction of sp³-hybridized carbons (Fsp3) is 0.455. The van der Waals surface area contributed by atoms with Crippen molar-refractivity contribution in [3.63, 3.8) is 0 Å². The maximum Gasteiger partial charge on any atom is 0.243 e. The third-order valence-corrected chi connectivity index (χ3v) is 5.54. The maximum atomic E-state index is 13.9. The molecule has 1 unspecified atom stereocenters. The minimum Gasteiger partial charge on any atom is -0.399 e. The molecule has 0 fully saturated rings. The van der Waals surface area contributed by atoms with Crippen LogP contribution in [0.25, 0.3) is 0 Å². The van der Waals surface area contributed by atoms with Gasteiger partial charge in [0.15, 0.2) is 5.82 Å². The van der Waals surface area contributed by atoms with E-state index in [0.717, 1.165) is 11.8 Å². The fourth-order valence-electron chi connectivity index (χ4n) is 1.44. The molecule has 0 heterocycles. The third kappa shape index (κ3) is 4.62. The van der Waals surface area contributed by atoms with Gasteiger partial charge in [0, 0.05) is 17.5 Å². The van der Waals surface area contributed by atoms with Crippen molar-refractivity contribution < 1.29 is 12.8 Å². The van der Waals surface area contributed by atoms with Gasteiger partial charge in [-0.2, -0.15) is 11.8 Å². The molecular weight excluding hydrogens is 355 g/mol. The highest BCUT2D eigenvalue weighted by Crippen LogP contribution is 2.26. The number of halogens is 2. The van der Waals surface area contributed by atoms with Crippen LogP contribution in [0, 0.1) is 5.82 Å². The molecule has 0 spiro atoms. The number of nitrogens with one attached hydrogen (secondary N) is 1. The lowest BCUT2D eigenvalue weighted by Gasteiger charge is -2.14. The Morgan fingerprint density at radius 1 is 1.53 bits per heavy atom. The molecule has 1 aromatic carbocycles. The molecule has 0 saturated heterocycles. The summed E-state index contributed by atoms with van der Waals surface area (Å²) in [5.74, 6) is 0.683. The van der Waals surface area contributed by atoms with Crippen LogP contribution in [0.1, 0.15) is 13.8 Å². The topological polar surface area (TPSA) is 72.2 Å². The van der Waals surface area contributed by atoms with Crippen LogP contribution in [-0.4, -0.2) is 26.0 Å². The van der Waals surface area contributed by atoms with Gasteiger partial charge in [-0.1, -0.05) is 6.92 Å². The van der Waals surface area contributed by atoms with E-state index in [4.69, 9.17) is 5.73 Å². The van der Waals surface area contributed by atoms with Crippen LogP contribution in [0.5, 0.6) is 0 Å². The summed E-state index contributed by atoms with van der Waals surface area (Å²) in [5, 5.41) is 0. The monoisotopic (exact) mass is 370 g/mol. The Balaban J connectivity index is 3.01. The van der Waals surface area contributed by atoms with Crippen molar-refractivity contribution in [2.75, 3.05) is 17.2 Å². The summed E-state index contributed by atoms with van der Waals surface area (Å²) in [4.78, 5) is -0.437. The largest absolute Gasteiger partial charge is 0.399 e. The van der Waals surface area contributed by atoms with E-state index in [1.807, 2.05) is 6.92 Å². The summed E-state index contributed by atoms with van der Waals surface area (Å²) >= 11 is 4.55. The number of sulfonamides is 1. The van der Waals surface area contributed by atoms with Crippen molar-refractivity contribution in [1.82, 2.24) is 4.72 Å². The van der Waals surface area contributed by atoms with E-state index < -0.39 is 20.7 Å². The first-order valence-corrected chi connectivity index (χ1v) is 9.05. The van der Waals surface area contributed by atoms with Gasteiger partial charge in [0.25, 0.3) is 0 Å². The van der Waals surface area contributed by atoms with E-state index in [1.54, 1.807) is 18.7 Å². The summed E-state index contributed by atoms with van der Waals surface area (Å²) in [7, 11) is -3.91. The van der Waals surface area contributed by atoms with Gasteiger partial charge in [0.1, 0.15) is 4.90 Å². The molecule has 1 rings (SSSR count). The first-order chi connectivity index (χ1) is 8.77. The van der Waals surface area contributed by atoms with Crippen molar-refractivity contribution >= 4 is 43.4 Å². The molecule has 8 heteroatoms. The molecule has 0 aliphatic heterocycles. The third-order valence-electron chi connectivity index (χ3n) is 2.23.